The van der Waals surface area contributed by atoms with Crippen LogP contribution in [-0.2, 0) is 7.05 Å². The number of hydrogen-bond donors (Lipinski definition) is 0. The summed E-state index contributed by atoms with van der Waals surface area (Å²) in [4.78, 5) is 6.60. The molecule has 0 radical (unpaired) electrons. The molecular weight excluding hydrogens is 230 g/mol. The van der Waals surface area contributed by atoms with E-state index in [0.29, 0.717) is 6.04 Å². The number of aromatic nitrogens is 2. The largest absolute Gasteiger partial charge is 0.339 e. The van der Waals surface area contributed by atoms with Crippen LogP contribution in [-0.4, -0.2) is 27.5 Å². The lowest BCUT2D eigenvalue weighted by Crippen LogP contribution is -2.34. The third-order valence-corrected chi connectivity index (χ3v) is 2.36. The zero-order valence-corrected chi connectivity index (χ0v) is 9.95. The maximum absolute atomic E-state index is 4.32. The summed E-state index contributed by atoms with van der Waals surface area (Å²) < 4.78 is 2.04. The molecule has 0 bridgehead atoms. The Kier molecular flexibility index (Phi) is 3.78. The molecule has 0 aromatic carbocycles. The van der Waals surface area contributed by atoms with Crippen molar-refractivity contribution in [2.24, 2.45) is 7.05 Å². The Morgan fingerprint density at radius 3 is 2.69 bits per heavy atom. The van der Waals surface area contributed by atoms with Crippen LogP contribution in [0.1, 0.15) is 13.8 Å². The molecule has 0 saturated carbocycles. The fraction of sp³-hybridized carbons (Fsp3) is 0.667. The predicted molar refractivity (Wildman–Crippen MR) is 59.5 cm³/mol. The number of hydrogen-bond acceptors (Lipinski definition) is 2. The Balaban J connectivity index is 2.82. The van der Waals surface area contributed by atoms with Gasteiger partial charge in [-0.05, 0) is 13.8 Å². The Hall–Kier alpha value is -0.510. The number of imidazole rings is 1. The van der Waals surface area contributed by atoms with Gasteiger partial charge in [0.2, 0.25) is 5.95 Å². The molecule has 1 rings (SSSR count). The second-order valence-corrected chi connectivity index (χ2v) is 4.11. The molecule has 0 spiro atoms. The number of aryl methyl sites for hydroxylation is 1. The molecule has 1 aromatic rings. The number of anilines is 1. The van der Waals surface area contributed by atoms with Crippen molar-refractivity contribution >= 4 is 21.9 Å². The summed E-state index contributed by atoms with van der Waals surface area (Å²) in [5.41, 5.74) is 0. The second-order valence-electron chi connectivity index (χ2n) is 3.31. The molecule has 0 atom stereocenters. The van der Waals surface area contributed by atoms with Gasteiger partial charge in [-0.15, -0.1) is 0 Å². The first-order valence-electron chi connectivity index (χ1n) is 4.46. The summed E-state index contributed by atoms with van der Waals surface area (Å²) in [6.07, 6.45) is 3.80. The van der Waals surface area contributed by atoms with E-state index in [2.05, 4.69) is 39.7 Å². The predicted octanol–water partition coefficient (Wildman–Crippen LogP) is 2.03. The van der Waals surface area contributed by atoms with Crippen LogP contribution in [0.5, 0.6) is 0 Å². The summed E-state index contributed by atoms with van der Waals surface area (Å²) in [5, 5.41) is 0.970. The fourth-order valence-electron chi connectivity index (χ4n) is 1.31. The number of halogens is 1. The number of alkyl halides is 1. The lowest BCUT2D eigenvalue weighted by Gasteiger charge is -2.26. The van der Waals surface area contributed by atoms with Crippen LogP contribution in [0, 0.1) is 0 Å². The van der Waals surface area contributed by atoms with Gasteiger partial charge in [-0.2, -0.15) is 0 Å². The zero-order valence-electron chi connectivity index (χ0n) is 8.37. The minimum absolute atomic E-state index is 0.485. The zero-order chi connectivity index (χ0) is 9.84. The summed E-state index contributed by atoms with van der Waals surface area (Å²) >= 11 is 3.45. The fourth-order valence-corrected chi connectivity index (χ4v) is 1.70. The third kappa shape index (κ3) is 2.46. The average Bonchev–Trinajstić information content (AvgIpc) is 2.47. The summed E-state index contributed by atoms with van der Waals surface area (Å²) in [5.74, 6) is 1.04. The lowest BCUT2D eigenvalue weighted by atomic mass is 10.3. The molecule has 0 aliphatic carbocycles. The van der Waals surface area contributed by atoms with E-state index in [1.54, 1.807) is 0 Å². The van der Waals surface area contributed by atoms with Crippen molar-refractivity contribution in [3.05, 3.63) is 12.4 Å². The Morgan fingerprint density at radius 2 is 2.31 bits per heavy atom. The molecule has 0 saturated heterocycles. The van der Waals surface area contributed by atoms with E-state index in [0.717, 1.165) is 17.8 Å². The highest BCUT2D eigenvalue weighted by Gasteiger charge is 2.12. The number of nitrogens with zero attached hydrogens (tertiary/aromatic N) is 3. The molecule has 3 nitrogen and oxygen atoms in total. The maximum Gasteiger partial charge on any atom is 0.205 e. The summed E-state index contributed by atoms with van der Waals surface area (Å²) in [7, 11) is 2.02. The van der Waals surface area contributed by atoms with Crippen molar-refractivity contribution < 1.29 is 0 Å². The Bertz CT molecular complexity index is 257. The van der Waals surface area contributed by atoms with Crippen LogP contribution >= 0.6 is 15.9 Å². The third-order valence-electron chi connectivity index (χ3n) is 2.00. The molecule has 0 aliphatic heterocycles. The van der Waals surface area contributed by atoms with Gasteiger partial charge in [-0.1, -0.05) is 15.9 Å². The van der Waals surface area contributed by atoms with Gasteiger partial charge in [0.05, 0.1) is 0 Å². The van der Waals surface area contributed by atoms with E-state index in [9.17, 15) is 0 Å². The highest BCUT2D eigenvalue weighted by molar-refractivity contribution is 9.09. The molecule has 1 aromatic heterocycles. The lowest BCUT2D eigenvalue weighted by molar-refractivity contribution is 0.667. The summed E-state index contributed by atoms with van der Waals surface area (Å²) in [6, 6.07) is 0.485. The average molecular weight is 246 g/mol. The van der Waals surface area contributed by atoms with E-state index in [-0.39, 0.29) is 0 Å². The first kappa shape index (κ1) is 10.6. The van der Waals surface area contributed by atoms with Crippen molar-refractivity contribution in [1.82, 2.24) is 9.55 Å². The number of rotatable bonds is 4. The van der Waals surface area contributed by atoms with Crippen LogP contribution in [0.2, 0.25) is 0 Å². The van der Waals surface area contributed by atoms with Gasteiger partial charge in [0.1, 0.15) is 0 Å². The monoisotopic (exact) mass is 245 g/mol. The molecule has 0 unspecified atom stereocenters. The van der Waals surface area contributed by atoms with E-state index in [1.807, 2.05) is 24.0 Å². The topological polar surface area (TPSA) is 21.1 Å². The molecule has 0 aliphatic rings. The van der Waals surface area contributed by atoms with Gasteiger partial charge in [0.15, 0.2) is 0 Å². The van der Waals surface area contributed by atoms with Crippen LogP contribution in [0.3, 0.4) is 0 Å². The molecule has 0 fully saturated rings. The molecule has 1 heterocycles. The van der Waals surface area contributed by atoms with E-state index in [4.69, 9.17) is 0 Å². The van der Waals surface area contributed by atoms with Gasteiger partial charge < -0.3 is 9.47 Å². The van der Waals surface area contributed by atoms with Gasteiger partial charge in [0, 0.05) is 37.4 Å². The normalized spacial score (nSPS) is 10.8. The van der Waals surface area contributed by atoms with Gasteiger partial charge >= 0.3 is 0 Å². The van der Waals surface area contributed by atoms with Crippen LogP contribution in [0.25, 0.3) is 0 Å². The quantitative estimate of drug-likeness (QED) is 0.758. The van der Waals surface area contributed by atoms with Gasteiger partial charge in [0.25, 0.3) is 0 Å². The summed E-state index contributed by atoms with van der Waals surface area (Å²) in [6.45, 7) is 5.34. The molecule has 13 heavy (non-hydrogen) atoms. The van der Waals surface area contributed by atoms with E-state index >= 15 is 0 Å². The molecule has 74 valence electrons. The van der Waals surface area contributed by atoms with E-state index in [1.165, 1.54) is 0 Å². The van der Waals surface area contributed by atoms with Crippen molar-refractivity contribution in [3.63, 3.8) is 0 Å². The van der Waals surface area contributed by atoms with Crippen LogP contribution in [0.4, 0.5) is 5.95 Å². The first-order valence-corrected chi connectivity index (χ1v) is 5.59. The highest BCUT2D eigenvalue weighted by Crippen LogP contribution is 2.13. The molecule has 0 amide bonds. The smallest absolute Gasteiger partial charge is 0.205 e. The molecule has 4 heteroatoms. The van der Waals surface area contributed by atoms with Crippen molar-refractivity contribution in [2.45, 2.75) is 19.9 Å². The minimum Gasteiger partial charge on any atom is -0.339 e. The van der Waals surface area contributed by atoms with Crippen LogP contribution in [0.15, 0.2) is 12.4 Å². The Labute approximate surface area is 87.9 Å². The van der Waals surface area contributed by atoms with Gasteiger partial charge in [-0.25, -0.2) is 4.98 Å². The standard InChI is InChI=1S/C9H16BrN3/c1-8(2)13(6-4-10)9-11-5-7-12(9)3/h5,7-8H,4,6H2,1-3H3. The van der Waals surface area contributed by atoms with Crippen molar-refractivity contribution in [1.29, 1.82) is 0 Å². The Morgan fingerprint density at radius 1 is 1.62 bits per heavy atom. The van der Waals surface area contributed by atoms with Crippen LogP contribution < -0.4 is 4.90 Å². The first-order chi connectivity index (χ1) is 6.16. The minimum atomic E-state index is 0.485. The van der Waals surface area contributed by atoms with Gasteiger partial charge in [-0.3, -0.25) is 0 Å². The maximum atomic E-state index is 4.32. The SMILES string of the molecule is CC(C)N(CCBr)c1nccn1C. The molecule has 0 N–H and O–H groups in total. The molecular formula is C9H16BrN3. The second kappa shape index (κ2) is 4.65. The highest BCUT2D eigenvalue weighted by atomic mass is 79.9. The van der Waals surface area contributed by atoms with Crippen molar-refractivity contribution in [3.8, 4) is 0 Å². The van der Waals surface area contributed by atoms with E-state index < -0.39 is 0 Å². The van der Waals surface area contributed by atoms with Crippen molar-refractivity contribution in [2.75, 3.05) is 16.8 Å².